The van der Waals surface area contributed by atoms with Gasteiger partial charge in [-0.2, -0.15) is 0 Å². The van der Waals surface area contributed by atoms with Crippen molar-refractivity contribution in [3.8, 4) is 22.3 Å². The second-order valence-electron chi connectivity index (χ2n) is 5.95. The zero-order chi connectivity index (χ0) is 15.5. The van der Waals surface area contributed by atoms with Crippen molar-refractivity contribution < 1.29 is 0 Å². The summed E-state index contributed by atoms with van der Waals surface area (Å²) in [5, 5.41) is 0. The van der Waals surface area contributed by atoms with Crippen LogP contribution in [0.3, 0.4) is 0 Å². The second-order valence-corrected chi connectivity index (χ2v) is 5.95. The summed E-state index contributed by atoms with van der Waals surface area (Å²) in [5.74, 6) is 0. The lowest BCUT2D eigenvalue weighted by atomic mass is 9.94. The van der Waals surface area contributed by atoms with Gasteiger partial charge in [0.15, 0.2) is 0 Å². The summed E-state index contributed by atoms with van der Waals surface area (Å²) in [7, 11) is 0. The molecule has 110 valence electrons. The van der Waals surface area contributed by atoms with Gasteiger partial charge in [-0.1, -0.05) is 73.2 Å². The molecule has 0 saturated carbocycles. The number of rotatable bonds is 3. The van der Waals surface area contributed by atoms with Gasteiger partial charge in [-0.05, 0) is 59.7 Å². The van der Waals surface area contributed by atoms with E-state index in [4.69, 9.17) is 0 Å². The molecule has 3 aromatic rings. The van der Waals surface area contributed by atoms with Crippen LogP contribution in [-0.4, -0.2) is 0 Å². The third kappa shape index (κ3) is 2.96. The number of hydrogen-bond acceptors (Lipinski definition) is 0. The van der Waals surface area contributed by atoms with Crippen molar-refractivity contribution in [2.45, 2.75) is 27.2 Å². The van der Waals surface area contributed by atoms with Crippen LogP contribution in [0.2, 0.25) is 0 Å². The maximum atomic E-state index is 2.31. The Hall–Kier alpha value is -2.34. The maximum Gasteiger partial charge on any atom is -0.0149 e. The van der Waals surface area contributed by atoms with E-state index in [1.807, 2.05) is 0 Å². The van der Waals surface area contributed by atoms with Crippen molar-refractivity contribution >= 4 is 0 Å². The molecule has 0 bridgehead atoms. The minimum Gasteiger partial charge on any atom is -0.0613 e. The number of aryl methyl sites for hydroxylation is 3. The molecule has 3 rings (SSSR count). The van der Waals surface area contributed by atoms with Gasteiger partial charge < -0.3 is 0 Å². The predicted molar refractivity (Wildman–Crippen MR) is 96.2 cm³/mol. The minimum absolute atomic E-state index is 1.09. The van der Waals surface area contributed by atoms with E-state index in [2.05, 4.69) is 87.5 Å². The summed E-state index contributed by atoms with van der Waals surface area (Å²) >= 11 is 0. The molecule has 0 unspecified atom stereocenters. The van der Waals surface area contributed by atoms with Crippen molar-refractivity contribution in [1.29, 1.82) is 0 Å². The van der Waals surface area contributed by atoms with Crippen LogP contribution in [0.15, 0.2) is 66.7 Å². The Morgan fingerprint density at radius 1 is 0.636 bits per heavy atom. The quantitative estimate of drug-likeness (QED) is 0.537. The Morgan fingerprint density at radius 3 is 1.86 bits per heavy atom. The van der Waals surface area contributed by atoms with E-state index in [9.17, 15) is 0 Å². The van der Waals surface area contributed by atoms with Gasteiger partial charge in [-0.3, -0.25) is 0 Å². The van der Waals surface area contributed by atoms with Crippen molar-refractivity contribution in [3.63, 3.8) is 0 Å². The fraction of sp³-hybridized carbons (Fsp3) is 0.182. The van der Waals surface area contributed by atoms with E-state index in [1.165, 1.54) is 38.9 Å². The first-order valence-electron chi connectivity index (χ1n) is 7.94. The first-order valence-corrected chi connectivity index (χ1v) is 7.94. The summed E-state index contributed by atoms with van der Waals surface area (Å²) in [6.07, 6.45) is 1.09. The highest BCUT2D eigenvalue weighted by atomic mass is 14.1. The average molecular weight is 286 g/mol. The van der Waals surface area contributed by atoms with Crippen LogP contribution in [-0.2, 0) is 6.42 Å². The van der Waals surface area contributed by atoms with Gasteiger partial charge >= 0.3 is 0 Å². The molecule has 0 aliphatic carbocycles. The fourth-order valence-electron chi connectivity index (χ4n) is 2.78. The standard InChI is InChI=1S/C22H22/c1-4-18-8-13-20(14-9-18)22-15-21(12-7-17(22)3)19-10-5-16(2)6-11-19/h5-15H,4H2,1-3H3. The molecule has 0 N–H and O–H groups in total. The lowest BCUT2D eigenvalue weighted by Gasteiger charge is -2.10. The molecule has 0 nitrogen and oxygen atoms in total. The Bertz CT molecular complexity index is 762. The number of benzene rings is 3. The van der Waals surface area contributed by atoms with Gasteiger partial charge in [0.25, 0.3) is 0 Å². The van der Waals surface area contributed by atoms with E-state index in [-0.39, 0.29) is 0 Å². The largest absolute Gasteiger partial charge is 0.0613 e. The smallest absolute Gasteiger partial charge is 0.0149 e. The molecular weight excluding hydrogens is 264 g/mol. The lowest BCUT2D eigenvalue weighted by Crippen LogP contribution is -1.87. The van der Waals surface area contributed by atoms with Crippen LogP contribution in [0.1, 0.15) is 23.6 Å². The Kier molecular flexibility index (Phi) is 4.11. The topological polar surface area (TPSA) is 0 Å². The highest BCUT2D eigenvalue weighted by Gasteiger charge is 2.05. The van der Waals surface area contributed by atoms with Crippen LogP contribution >= 0.6 is 0 Å². The van der Waals surface area contributed by atoms with Gasteiger partial charge in [-0.25, -0.2) is 0 Å². The van der Waals surface area contributed by atoms with Crippen LogP contribution in [0.25, 0.3) is 22.3 Å². The summed E-state index contributed by atoms with van der Waals surface area (Å²) in [6.45, 7) is 6.50. The average Bonchev–Trinajstić information content (AvgIpc) is 2.56. The van der Waals surface area contributed by atoms with Crippen LogP contribution in [0.5, 0.6) is 0 Å². The fourth-order valence-corrected chi connectivity index (χ4v) is 2.78. The van der Waals surface area contributed by atoms with E-state index in [0.717, 1.165) is 6.42 Å². The Labute approximate surface area is 133 Å². The molecule has 22 heavy (non-hydrogen) atoms. The second kappa shape index (κ2) is 6.19. The Balaban J connectivity index is 2.04. The monoisotopic (exact) mass is 286 g/mol. The molecule has 0 heterocycles. The molecule has 0 aromatic heterocycles. The molecule has 0 amide bonds. The lowest BCUT2D eigenvalue weighted by molar-refractivity contribution is 1.14. The molecule has 0 saturated heterocycles. The summed E-state index contributed by atoms with van der Waals surface area (Å²) in [5.41, 5.74) is 9.17. The zero-order valence-corrected chi connectivity index (χ0v) is 13.6. The Morgan fingerprint density at radius 2 is 1.23 bits per heavy atom. The maximum absolute atomic E-state index is 2.31. The van der Waals surface area contributed by atoms with E-state index >= 15 is 0 Å². The SMILES string of the molecule is CCc1ccc(-c2cc(-c3ccc(C)cc3)ccc2C)cc1. The third-order valence-corrected chi connectivity index (χ3v) is 4.30. The molecule has 0 fully saturated rings. The summed E-state index contributed by atoms with van der Waals surface area (Å²) < 4.78 is 0. The van der Waals surface area contributed by atoms with Gasteiger partial charge in [0.2, 0.25) is 0 Å². The summed E-state index contributed by atoms with van der Waals surface area (Å²) in [6, 6.07) is 24.4. The normalized spacial score (nSPS) is 10.7. The van der Waals surface area contributed by atoms with Crippen molar-refractivity contribution in [3.05, 3.63) is 83.4 Å². The number of hydrogen-bond donors (Lipinski definition) is 0. The van der Waals surface area contributed by atoms with Crippen molar-refractivity contribution in [2.75, 3.05) is 0 Å². The van der Waals surface area contributed by atoms with Gasteiger partial charge in [0.05, 0.1) is 0 Å². The zero-order valence-electron chi connectivity index (χ0n) is 13.6. The van der Waals surface area contributed by atoms with Gasteiger partial charge in [0, 0.05) is 0 Å². The molecular formula is C22H22. The van der Waals surface area contributed by atoms with Crippen LogP contribution in [0, 0.1) is 13.8 Å². The van der Waals surface area contributed by atoms with Crippen LogP contribution < -0.4 is 0 Å². The van der Waals surface area contributed by atoms with E-state index in [1.54, 1.807) is 0 Å². The molecule has 0 aliphatic rings. The minimum atomic E-state index is 1.09. The van der Waals surface area contributed by atoms with Gasteiger partial charge in [0.1, 0.15) is 0 Å². The molecule has 0 radical (unpaired) electrons. The highest BCUT2D eigenvalue weighted by molar-refractivity contribution is 5.75. The first kappa shape index (κ1) is 14.6. The molecule has 3 aromatic carbocycles. The van der Waals surface area contributed by atoms with Crippen molar-refractivity contribution in [2.24, 2.45) is 0 Å². The van der Waals surface area contributed by atoms with E-state index < -0.39 is 0 Å². The van der Waals surface area contributed by atoms with Gasteiger partial charge in [-0.15, -0.1) is 0 Å². The predicted octanol–water partition coefficient (Wildman–Crippen LogP) is 6.20. The first-order chi connectivity index (χ1) is 10.7. The third-order valence-electron chi connectivity index (χ3n) is 4.30. The highest BCUT2D eigenvalue weighted by Crippen LogP contribution is 2.29. The molecule has 0 heteroatoms. The van der Waals surface area contributed by atoms with E-state index in [0.29, 0.717) is 0 Å². The molecule has 0 spiro atoms. The summed E-state index contributed by atoms with van der Waals surface area (Å²) in [4.78, 5) is 0. The molecule has 0 atom stereocenters. The van der Waals surface area contributed by atoms with Crippen LogP contribution in [0.4, 0.5) is 0 Å². The molecule has 0 aliphatic heterocycles. The van der Waals surface area contributed by atoms with Crippen molar-refractivity contribution in [1.82, 2.24) is 0 Å².